The van der Waals surface area contributed by atoms with Crippen LogP contribution in [0.4, 0.5) is 4.39 Å². The van der Waals surface area contributed by atoms with Gasteiger partial charge in [-0.25, -0.2) is 9.38 Å². The summed E-state index contributed by atoms with van der Waals surface area (Å²) in [6, 6.07) is 10.0. The first-order chi connectivity index (χ1) is 11.3. The first-order valence-electron chi connectivity index (χ1n) is 7.57. The van der Waals surface area contributed by atoms with Crippen LogP contribution in [0.1, 0.15) is 12.5 Å². The van der Waals surface area contributed by atoms with Crippen LogP contribution in [0, 0.1) is 5.82 Å². The first kappa shape index (κ1) is 16.7. The lowest BCUT2D eigenvalue weighted by Crippen LogP contribution is -2.39. The Hall–Kier alpha value is -2.63. The number of pyridine rings is 1. The summed E-state index contributed by atoms with van der Waals surface area (Å²) < 4.78 is 18.4. The number of rotatable bonds is 7. The van der Waals surface area contributed by atoms with E-state index in [1.807, 2.05) is 19.1 Å². The fourth-order valence-electron chi connectivity index (χ4n) is 1.87. The fraction of sp³-hybridized carbons (Fsp3) is 0.294. The number of hydrogen-bond donors (Lipinski definition) is 2. The van der Waals surface area contributed by atoms with Crippen LogP contribution in [0.25, 0.3) is 0 Å². The molecule has 0 atom stereocenters. The van der Waals surface area contributed by atoms with E-state index < -0.39 is 0 Å². The molecule has 2 rings (SSSR count). The first-order valence-corrected chi connectivity index (χ1v) is 7.57. The molecule has 1 heterocycles. The minimum atomic E-state index is -0.240. The molecule has 1 aromatic carbocycles. The van der Waals surface area contributed by atoms with Gasteiger partial charge >= 0.3 is 0 Å². The van der Waals surface area contributed by atoms with Crippen molar-refractivity contribution in [3.05, 3.63) is 60.2 Å². The number of aromatic nitrogens is 1. The number of benzene rings is 1. The Kier molecular flexibility index (Phi) is 6.84. The van der Waals surface area contributed by atoms with E-state index in [4.69, 9.17) is 4.74 Å². The Bertz CT molecular complexity index is 602. The van der Waals surface area contributed by atoms with E-state index in [-0.39, 0.29) is 5.82 Å². The van der Waals surface area contributed by atoms with Gasteiger partial charge in [-0.3, -0.25) is 4.98 Å². The maximum atomic E-state index is 12.9. The van der Waals surface area contributed by atoms with Crippen molar-refractivity contribution in [2.75, 3.05) is 19.7 Å². The zero-order valence-corrected chi connectivity index (χ0v) is 13.1. The number of guanidine groups is 1. The maximum Gasteiger partial charge on any atom is 0.191 e. The Labute approximate surface area is 135 Å². The van der Waals surface area contributed by atoms with Crippen LogP contribution in [-0.4, -0.2) is 30.6 Å². The van der Waals surface area contributed by atoms with Gasteiger partial charge in [-0.2, -0.15) is 0 Å². The second kappa shape index (κ2) is 9.40. The van der Waals surface area contributed by atoms with Gasteiger partial charge in [0.25, 0.3) is 0 Å². The third-order valence-corrected chi connectivity index (χ3v) is 2.97. The third-order valence-electron chi connectivity index (χ3n) is 2.97. The molecule has 0 aliphatic carbocycles. The molecule has 1 aromatic heterocycles. The number of aliphatic imine (C=N–C) groups is 1. The van der Waals surface area contributed by atoms with E-state index in [0.717, 1.165) is 17.9 Å². The molecule has 0 fully saturated rings. The van der Waals surface area contributed by atoms with E-state index in [9.17, 15) is 4.39 Å². The SMILES string of the molecule is CCNC(=NCc1ccc(F)cc1)NCCOc1cccnc1. The Balaban J connectivity index is 1.78. The lowest BCUT2D eigenvalue weighted by Gasteiger charge is -2.12. The normalized spacial score (nSPS) is 11.1. The molecule has 0 unspecified atom stereocenters. The molecule has 122 valence electrons. The summed E-state index contributed by atoms with van der Waals surface area (Å²) in [5.41, 5.74) is 0.954. The van der Waals surface area contributed by atoms with Crippen molar-refractivity contribution < 1.29 is 9.13 Å². The topological polar surface area (TPSA) is 58.5 Å². The summed E-state index contributed by atoms with van der Waals surface area (Å²) in [5, 5.41) is 6.35. The van der Waals surface area contributed by atoms with Gasteiger partial charge in [0.15, 0.2) is 5.96 Å². The number of halogens is 1. The zero-order chi connectivity index (χ0) is 16.3. The summed E-state index contributed by atoms with van der Waals surface area (Å²) in [6.45, 7) is 4.37. The van der Waals surface area contributed by atoms with E-state index in [0.29, 0.717) is 25.7 Å². The Morgan fingerprint density at radius 1 is 1.22 bits per heavy atom. The second-order valence-corrected chi connectivity index (χ2v) is 4.79. The van der Waals surface area contributed by atoms with Gasteiger partial charge in [-0.1, -0.05) is 12.1 Å². The molecular formula is C17H21FN4O. The van der Waals surface area contributed by atoms with E-state index >= 15 is 0 Å². The molecule has 0 spiro atoms. The van der Waals surface area contributed by atoms with Crippen molar-refractivity contribution in [2.24, 2.45) is 4.99 Å². The lowest BCUT2D eigenvalue weighted by molar-refractivity contribution is 0.320. The molecule has 2 N–H and O–H groups in total. The largest absolute Gasteiger partial charge is 0.490 e. The highest BCUT2D eigenvalue weighted by Crippen LogP contribution is 2.05. The van der Waals surface area contributed by atoms with Gasteiger partial charge in [0.1, 0.15) is 18.2 Å². The predicted octanol–water partition coefficient (Wildman–Crippen LogP) is 2.35. The van der Waals surface area contributed by atoms with Crippen molar-refractivity contribution >= 4 is 5.96 Å². The molecule has 0 aliphatic heterocycles. The van der Waals surface area contributed by atoms with Crippen molar-refractivity contribution in [1.82, 2.24) is 15.6 Å². The minimum absolute atomic E-state index is 0.240. The number of nitrogens with zero attached hydrogens (tertiary/aromatic N) is 2. The summed E-state index contributed by atoms with van der Waals surface area (Å²) in [7, 11) is 0. The second-order valence-electron chi connectivity index (χ2n) is 4.79. The highest BCUT2D eigenvalue weighted by Gasteiger charge is 1.99. The molecule has 0 bridgehead atoms. The quantitative estimate of drug-likeness (QED) is 0.468. The van der Waals surface area contributed by atoms with E-state index in [1.54, 1.807) is 24.5 Å². The number of nitrogens with one attached hydrogen (secondary N) is 2. The fourth-order valence-corrected chi connectivity index (χ4v) is 1.87. The van der Waals surface area contributed by atoms with Gasteiger partial charge in [0.05, 0.1) is 19.3 Å². The molecule has 6 heteroatoms. The molecule has 0 aliphatic rings. The molecule has 23 heavy (non-hydrogen) atoms. The molecule has 0 saturated heterocycles. The number of ether oxygens (including phenoxy) is 1. The van der Waals surface area contributed by atoms with Crippen molar-refractivity contribution in [2.45, 2.75) is 13.5 Å². The third kappa shape index (κ3) is 6.34. The molecule has 5 nitrogen and oxygen atoms in total. The molecule has 0 radical (unpaired) electrons. The van der Waals surface area contributed by atoms with Gasteiger partial charge in [0, 0.05) is 12.7 Å². The Morgan fingerprint density at radius 3 is 2.74 bits per heavy atom. The molecular weight excluding hydrogens is 295 g/mol. The predicted molar refractivity (Wildman–Crippen MR) is 89.0 cm³/mol. The number of hydrogen-bond acceptors (Lipinski definition) is 3. The monoisotopic (exact) mass is 316 g/mol. The van der Waals surface area contributed by atoms with Crippen molar-refractivity contribution in [1.29, 1.82) is 0 Å². The standard InChI is InChI=1S/C17H21FN4O/c1-2-20-17(22-12-14-5-7-15(18)8-6-14)21-10-11-23-16-4-3-9-19-13-16/h3-9,13H,2,10-12H2,1H3,(H2,20,21,22). The summed E-state index contributed by atoms with van der Waals surface area (Å²) in [5.74, 6) is 1.20. The maximum absolute atomic E-state index is 12.9. The van der Waals surface area contributed by atoms with Crippen LogP contribution in [0.15, 0.2) is 53.8 Å². The summed E-state index contributed by atoms with van der Waals surface area (Å²) in [6.07, 6.45) is 3.38. The minimum Gasteiger partial charge on any atom is -0.490 e. The highest BCUT2D eigenvalue weighted by atomic mass is 19.1. The molecule has 2 aromatic rings. The van der Waals surface area contributed by atoms with Gasteiger partial charge in [-0.05, 0) is 36.8 Å². The summed E-state index contributed by atoms with van der Waals surface area (Å²) >= 11 is 0. The van der Waals surface area contributed by atoms with Crippen LogP contribution >= 0.6 is 0 Å². The van der Waals surface area contributed by atoms with Crippen molar-refractivity contribution in [3.63, 3.8) is 0 Å². The smallest absolute Gasteiger partial charge is 0.191 e. The zero-order valence-electron chi connectivity index (χ0n) is 13.1. The molecule has 0 saturated carbocycles. The van der Waals surface area contributed by atoms with Crippen molar-refractivity contribution in [3.8, 4) is 5.75 Å². The average Bonchev–Trinajstić information content (AvgIpc) is 2.59. The van der Waals surface area contributed by atoms with E-state index in [1.165, 1.54) is 12.1 Å². The molecule has 0 amide bonds. The van der Waals surface area contributed by atoms with E-state index in [2.05, 4.69) is 20.6 Å². The van der Waals surface area contributed by atoms with Crippen LogP contribution in [-0.2, 0) is 6.54 Å². The van der Waals surface area contributed by atoms with Gasteiger partial charge in [-0.15, -0.1) is 0 Å². The highest BCUT2D eigenvalue weighted by molar-refractivity contribution is 5.79. The van der Waals surface area contributed by atoms with Gasteiger partial charge < -0.3 is 15.4 Å². The Morgan fingerprint density at radius 2 is 2.04 bits per heavy atom. The van der Waals surface area contributed by atoms with Crippen LogP contribution in [0.5, 0.6) is 5.75 Å². The lowest BCUT2D eigenvalue weighted by atomic mass is 10.2. The van der Waals surface area contributed by atoms with Crippen LogP contribution < -0.4 is 15.4 Å². The summed E-state index contributed by atoms with van der Waals surface area (Å²) in [4.78, 5) is 8.45. The van der Waals surface area contributed by atoms with Gasteiger partial charge in [0.2, 0.25) is 0 Å². The average molecular weight is 316 g/mol. The van der Waals surface area contributed by atoms with Crippen LogP contribution in [0.3, 0.4) is 0 Å². The van der Waals surface area contributed by atoms with Crippen LogP contribution in [0.2, 0.25) is 0 Å².